The third-order valence-corrected chi connectivity index (χ3v) is 4.48. The van der Waals surface area contributed by atoms with Gasteiger partial charge >= 0.3 is 6.03 Å². The number of amides is 3. The first-order valence-electron chi connectivity index (χ1n) is 9.79. The van der Waals surface area contributed by atoms with Gasteiger partial charge in [-0.25, -0.2) is 9.18 Å². The van der Waals surface area contributed by atoms with Crippen molar-refractivity contribution in [1.29, 1.82) is 0 Å². The van der Waals surface area contributed by atoms with Crippen LogP contribution in [0.5, 0.6) is 11.5 Å². The van der Waals surface area contributed by atoms with Crippen LogP contribution in [0.1, 0.15) is 25.3 Å². The highest BCUT2D eigenvalue weighted by molar-refractivity contribution is 5.93. The van der Waals surface area contributed by atoms with E-state index < -0.39 is 17.9 Å². The highest BCUT2D eigenvalue weighted by Crippen LogP contribution is 2.27. The summed E-state index contributed by atoms with van der Waals surface area (Å²) in [6.07, 6.45) is 1.76. The monoisotopic (exact) mass is 417 g/mol. The van der Waals surface area contributed by atoms with Crippen LogP contribution < -0.4 is 25.4 Å². The van der Waals surface area contributed by atoms with Gasteiger partial charge in [-0.05, 0) is 42.7 Å². The maximum atomic E-state index is 13.7. The summed E-state index contributed by atoms with van der Waals surface area (Å²) < 4.78 is 24.2. The Bertz CT molecular complexity index is 860. The van der Waals surface area contributed by atoms with E-state index in [4.69, 9.17) is 9.47 Å². The number of carbonyl (C=O) groups is 2. The molecule has 0 aliphatic heterocycles. The van der Waals surface area contributed by atoms with Gasteiger partial charge in [0.1, 0.15) is 11.9 Å². The van der Waals surface area contributed by atoms with E-state index in [1.807, 2.05) is 25.1 Å². The van der Waals surface area contributed by atoms with E-state index in [0.717, 1.165) is 5.56 Å². The zero-order valence-electron chi connectivity index (χ0n) is 17.5. The summed E-state index contributed by atoms with van der Waals surface area (Å²) in [5, 5.41) is 7.87. The third kappa shape index (κ3) is 6.65. The summed E-state index contributed by atoms with van der Waals surface area (Å²) in [4.78, 5) is 24.7. The van der Waals surface area contributed by atoms with Crippen molar-refractivity contribution in [2.75, 3.05) is 26.1 Å². The zero-order chi connectivity index (χ0) is 21.9. The average molecular weight is 417 g/mol. The second-order valence-electron chi connectivity index (χ2n) is 6.65. The molecule has 2 aromatic carbocycles. The number of rotatable bonds is 10. The van der Waals surface area contributed by atoms with Crippen LogP contribution in [0, 0.1) is 5.82 Å². The standard InChI is InChI=1S/C22H28FN3O4/c1-4-7-18(26-22(28)25-17-9-6-5-8-16(17)23)21(27)24-13-12-15-10-11-19(29-2)20(14-15)30-3/h5-6,8-11,14,18H,4,7,12-13H2,1-3H3,(H,24,27)(H2,25,26,28). The number of para-hydroxylation sites is 1. The van der Waals surface area contributed by atoms with Gasteiger partial charge in [0.05, 0.1) is 19.9 Å². The Morgan fingerprint density at radius 2 is 1.80 bits per heavy atom. The number of ether oxygens (including phenoxy) is 2. The third-order valence-electron chi connectivity index (χ3n) is 4.48. The van der Waals surface area contributed by atoms with Gasteiger partial charge in [0, 0.05) is 6.54 Å². The number of hydrogen-bond acceptors (Lipinski definition) is 4. The van der Waals surface area contributed by atoms with E-state index in [0.29, 0.717) is 37.3 Å². The average Bonchev–Trinajstić information content (AvgIpc) is 2.74. The molecule has 0 aromatic heterocycles. The molecule has 0 aliphatic carbocycles. The summed E-state index contributed by atoms with van der Waals surface area (Å²) in [6.45, 7) is 2.31. The summed E-state index contributed by atoms with van der Waals surface area (Å²) in [7, 11) is 3.14. The lowest BCUT2D eigenvalue weighted by Gasteiger charge is -2.18. The predicted octanol–water partition coefficient (Wildman–Crippen LogP) is 3.49. The van der Waals surface area contributed by atoms with Gasteiger partial charge < -0.3 is 25.4 Å². The number of benzene rings is 2. The van der Waals surface area contributed by atoms with Crippen molar-refractivity contribution < 1.29 is 23.5 Å². The minimum Gasteiger partial charge on any atom is -0.493 e. The number of hydrogen-bond donors (Lipinski definition) is 3. The van der Waals surface area contributed by atoms with E-state index in [1.54, 1.807) is 20.3 Å². The smallest absolute Gasteiger partial charge is 0.319 e. The largest absolute Gasteiger partial charge is 0.493 e. The van der Waals surface area contributed by atoms with Gasteiger partial charge in [-0.1, -0.05) is 31.5 Å². The second kappa shape index (κ2) is 11.6. The number of methoxy groups -OCH3 is 2. The molecule has 0 radical (unpaired) electrons. The lowest BCUT2D eigenvalue weighted by atomic mass is 10.1. The van der Waals surface area contributed by atoms with Crippen molar-refractivity contribution in [1.82, 2.24) is 10.6 Å². The van der Waals surface area contributed by atoms with Gasteiger partial charge in [-0.2, -0.15) is 0 Å². The molecule has 162 valence electrons. The zero-order valence-corrected chi connectivity index (χ0v) is 17.5. The van der Waals surface area contributed by atoms with E-state index in [2.05, 4.69) is 16.0 Å². The number of halogens is 1. The molecule has 30 heavy (non-hydrogen) atoms. The summed E-state index contributed by atoms with van der Waals surface area (Å²) >= 11 is 0. The Labute approximate surface area is 176 Å². The highest BCUT2D eigenvalue weighted by atomic mass is 19.1. The van der Waals surface area contributed by atoms with Crippen LogP contribution in [0.2, 0.25) is 0 Å². The quantitative estimate of drug-likeness (QED) is 0.552. The van der Waals surface area contributed by atoms with Crippen molar-refractivity contribution in [3.8, 4) is 11.5 Å². The molecule has 8 heteroatoms. The topological polar surface area (TPSA) is 88.7 Å². The first kappa shape index (κ1) is 23.0. The molecule has 2 aromatic rings. The van der Waals surface area contributed by atoms with Crippen molar-refractivity contribution >= 4 is 17.6 Å². The van der Waals surface area contributed by atoms with Crippen molar-refractivity contribution in [3.63, 3.8) is 0 Å². The van der Waals surface area contributed by atoms with Gasteiger partial charge in [-0.3, -0.25) is 4.79 Å². The molecular formula is C22H28FN3O4. The number of nitrogens with one attached hydrogen (secondary N) is 3. The number of carbonyl (C=O) groups excluding carboxylic acids is 2. The van der Waals surface area contributed by atoms with Crippen LogP contribution in [0.3, 0.4) is 0 Å². The maximum absolute atomic E-state index is 13.7. The van der Waals surface area contributed by atoms with Crippen molar-refractivity contribution in [2.45, 2.75) is 32.2 Å². The fraction of sp³-hybridized carbons (Fsp3) is 0.364. The molecule has 0 fully saturated rings. The predicted molar refractivity (Wildman–Crippen MR) is 114 cm³/mol. The van der Waals surface area contributed by atoms with E-state index in [1.165, 1.54) is 18.2 Å². The molecule has 0 bridgehead atoms. The lowest BCUT2D eigenvalue weighted by molar-refractivity contribution is -0.123. The Morgan fingerprint density at radius 3 is 2.47 bits per heavy atom. The minimum absolute atomic E-state index is 0.0547. The Hall–Kier alpha value is -3.29. The number of urea groups is 1. The van der Waals surface area contributed by atoms with Crippen LogP contribution in [0.4, 0.5) is 14.9 Å². The molecule has 0 saturated carbocycles. The summed E-state index contributed by atoms with van der Waals surface area (Å²) in [5.74, 6) is 0.426. The number of anilines is 1. The molecule has 0 spiro atoms. The molecule has 1 unspecified atom stereocenters. The molecule has 2 rings (SSSR count). The van der Waals surface area contributed by atoms with Gasteiger partial charge in [-0.15, -0.1) is 0 Å². The van der Waals surface area contributed by atoms with E-state index in [-0.39, 0.29) is 11.6 Å². The molecular weight excluding hydrogens is 389 g/mol. The fourth-order valence-corrected chi connectivity index (χ4v) is 2.93. The van der Waals surface area contributed by atoms with Crippen LogP contribution in [0.15, 0.2) is 42.5 Å². The van der Waals surface area contributed by atoms with Gasteiger partial charge in [0.15, 0.2) is 11.5 Å². The molecule has 7 nitrogen and oxygen atoms in total. The normalized spacial score (nSPS) is 11.3. The van der Waals surface area contributed by atoms with Crippen LogP contribution in [0.25, 0.3) is 0 Å². The maximum Gasteiger partial charge on any atom is 0.319 e. The minimum atomic E-state index is -0.716. The summed E-state index contributed by atoms with van der Waals surface area (Å²) in [5.41, 5.74) is 1.03. The molecule has 0 aliphatic rings. The molecule has 1 atom stereocenters. The van der Waals surface area contributed by atoms with Crippen molar-refractivity contribution in [3.05, 3.63) is 53.8 Å². The fourth-order valence-electron chi connectivity index (χ4n) is 2.93. The van der Waals surface area contributed by atoms with Crippen LogP contribution in [-0.2, 0) is 11.2 Å². The van der Waals surface area contributed by atoms with E-state index >= 15 is 0 Å². The molecule has 0 heterocycles. The second-order valence-corrected chi connectivity index (χ2v) is 6.65. The lowest BCUT2D eigenvalue weighted by Crippen LogP contribution is -2.48. The SMILES string of the molecule is CCCC(NC(=O)Nc1ccccc1F)C(=O)NCCc1ccc(OC)c(OC)c1. The summed E-state index contributed by atoms with van der Waals surface area (Å²) in [6, 6.07) is 10.1. The van der Waals surface area contributed by atoms with Crippen molar-refractivity contribution in [2.24, 2.45) is 0 Å². The van der Waals surface area contributed by atoms with Crippen LogP contribution >= 0.6 is 0 Å². The van der Waals surface area contributed by atoms with Crippen LogP contribution in [-0.4, -0.2) is 38.7 Å². The Morgan fingerprint density at radius 1 is 1.07 bits per heavy atom. The van der Waals surface area contributed by atoms with Gasteiger partial charge in [0.25, 0.3) is 0 Å². The molecule has 3 N–H and O–H groups in total. The first-order chi connectivity index (χ1) is 14.5. The Balaban J connectivity index is 1.89. The molecule has 3 amide bonds. The Kier molecular flexibility index (Phi) is 8.93. The van der Waals surface area contributed by atoms with Gasteiger partial charge in [0.2, 0.25) is 5.91 Å². The van der Waals surface area contributed by atoms with E-state index in [9.17, 15) is 14.0 Å². The molecule has 0 saturated heterocycles. The highest BCUT2D eigenvalue weighted by Gasteiger charge is 2.20. The first-order valence-corrected chi connectivity index (χ1v) is 9.79.